The average Bonchev–Trinajstić information content (AvgIpc) is 2.29. The molecule has 2 nitrogen and oxygen atoms in total. The van der Waals surface area contributed by atoms with Crippen LogP contribution in [0.15, 0.2) is 30.3 Å². The number of carbonyl (C=O) groups is 1. The van der Waals surface area contributed by atoms with Gasteiger partial charge in [-0.15, -0.1) is 11.6 Å². The van der Waals surface area contributed by atoms with Gasteiger partial charge in [-0.05, 0) is 12.5 Å². The zero-order valence-corrected chi connectivity index (χ0v) is 9.79. The summed E-state index contributed by atoms with van der Waals surface area (Å²) in [6, 6.07) is 10.2. The number of rotatable bonds is 4. The molecule has 1 amide bonds. The molecule has 0 saturated carbocycles. The van der Waals surface area contributed by atoms with E-state index >= 15 is 0 Å². The van der Waals surface area contributed by atoms with Gasteiger partial charge < -0.3 is 5.32 Å². The van der Waals surface area contributed by atoms with Gasteiger partial charge in [0.25, 0.3) is 0 Å². The minimum atomic E-state index is -0.119. The Bertz CT molecular complexity index is 313. The van der Waals surface area contributed by atoms with Crippen LogP contribution < -0.4 is 5.32 Å². The highest BCUT2D eigenvalue weighted by molar-refractivity contribution is 6.27. The molecule has 1 aromatic carbocycles. The first kappa shape index (κ1) is 12.1. The van der Waals surface area contributed by atoms with Crippen molar-refractivity contribution >= 4 is 17.5 Å². The number of nitrogens with one attached hydrogen (secondary N) is 1. The zero-order valence-electron chi connectivity index (χ0n) is 9.03. The molecule has 0 saturated heterocycles. The lowest BCUT2D eigenvalue weighted by atomic mass is 9.94. The Kier molecular flexibility index (Phi) is 4.63. The standard InChI is InChI=1S/C12H16ClNO/c1-9(10(2)14-12(15)8-13)11-6-4-3-5-7-11/h3-7,9-10H,8H2,1-2H3,(H,14,15)/t9-,10-/m1/s1. The van der Waals surface area contributed by atoms with Crippen LogP contribution in [0.3, 0.4) is 0 Å². The third-order valence-electron chi connectivity index (χ3n) is 2.59. The van der Waals surface area contributed by atoms with Gasteiger partial charge in [0, 0.05) is 12.0 Å². The Morgan fingerprint density at radius 2 is 1.93 bits per heavy atom. The molecule has 1 aromatic rings. The van der Waals surface area contributed by atoms with Crippen molar-refractivity contribution in [2.24, 2.45) is 0 Å². The van der Waals surface area contributed by atoms with E-state index in [9.17, 15) is 4.79 Å². The van der Waals surface area contributed by atoms with Crippen molar-refractivity contribution in [3.63, 3.8) is 0 Å². The van der Waals surface area contributed by atoms with E-state index in [0.29, 0.717) is 5.92 Å². The van der Waals surface area contributed by atoms with E-state index in [4.69, 9.17) is 11.6 Å². The van der Waals surface area contributed by atoms with Crippen LogP contribution in [-0.2, 0) is 4.79 Å². The van der Waals surface area contributed by atoms with Gasteiger partial charge in [-0.3, -0.25) is 4.79 Å². The molecule has 0 bridgehead atoms. The molecule has 0 radical (unpaired) electrons. The summed E-state index contributed by atoms with van der Waals surface area (Å²) in [7, 11) is 0. The first-order valence-corrected chi connectivity index (χ1v) is 5.59. The van der Waals surface area contributed by atoms with E-state index < -0.39 is 0 Å². The van der Waals surface area contributed by atoms with E-state index in [0.717, 1.165) is 0 Å². The molecule has 0 fully saturated rings. The van der Waals surface area contributed by atoms with Crippen molar-refractivity contribution < 1.29 is 4.79 Å². The number of amides is 1. The van der Waals surface area contributed by atoms with Crippen LogP contribution >= 0.6 is 11.6 Å². The molecule has 0 heterocycles. The number of alkyl halides is 1. The Labute approximate surface area is 95.6 Å². The predicted molar refractivity (Wildman–Crippen MR) is 63.2 cm³/mol. The molecule has 0 aliphatic heterocycles. The van der Waals surface area contributed by atoms with Crippen molar-refractivity contribution in [2.75, 3.05) is 5.88 Å². The Hall–Kier alpha value is -1.02. The highest BCUT2D eigenvalue weighted by Crippen LogP contribution is 2.18. The van der Waals surface area contributed by atoms with Gasteiger partial charge in [-0.2, -0.15) is 0 Å². The van der Waals surface area contributed by atoms with Crippen LogP contribution in [0.25, 0.3) is 0 Å². The third-order valence-corrected chi connectivity index (χ3v) is 2.83. The summed E-state index contributed by atoms with van der Waals surface area (Å²) < 4.78 is 0. The van der Waals surface area contributed by atoms with Crippen LogP contribution in [0.2, 0.25) is 0 Å². The predicted octanol–water partition coefficient (Wildman–Crippen LogP) is 2.53. The fraction of sp³-hybridized carbons (Fsp3) is 0.417. The highest BCUT2D eigenvalue weighted by atomic mass is 35.5. The minimum Gasteiger partial charge on any atom is -0.352 e. The topological polar surface area (TPSA) is 29.1 Å². The van der Waals surface area contributed by atoms with Crippen molar-refractivity contribution in [1.29, 1.82) is 0 Å². The number of halogens is 1. The van der Waals surface area contributed by atoms with Crippen molar-refractivity contribution in [3.8, 4) is 0 Å². The Morgan fingerprint density at radius 3 is 2.47 bits per heavy atom. The van der Waals surface area contributed by atoms with Gasteiger partial charge in [0.1, 0.15) is 5.88 Å². The molecular formula is C12H16ClNO. The number of carbonyl (C=O) groups excluding carboxylic acids is 1. The van der Waals surface area contributed by atoms with E-state index in [1.54, 1.807) is 0 Å². The summed E-state index contributed by atoms with van der Waals surface area (Å²) in [4.78, 5) is 11.1. The summed E-state index contributed by atoms with van der Waals surface area (Å²) in [5.74, 6) is 0.191. The Balaban J connectivity index is 2.61. The second-order valence-electron chi connectivity index (χ2n) is 3.69. The lowest BCUT2D eigenvalue weighted by Gasteiger charge is -2.21. The lowest BCUT2D eigenvalue weighted by Crippen LogP contribution is -2.36. The van der Waals surface area contributed by atoms with Crippen molar-refractivity contribution in [2.45, 2.75) is 25.8 Å². The molecule has 2 atom stereocenters. The van der Waals surface area contributed by atoms with Crippen LogP contribution in [0, 0.1) is 0 Å². The number of benzene rings is 1. The number of hydrogen-bond acceptors (Lipinski definition) is 1. The van der Waals surface area contributed by atoms with Crippen molar-refractivity contribution in [3.05, 3.63) is 35.9 Å². The Morgan fingerprint density at radius 1 is 1.33 bits per heavy atom. The molecule has 0 aliphatic carbocycles. The monoisotopic (exact) mass is 225 g/mol. The summed E-state index contributed by atoms with van der Waals surface area (Å²) in [5, 5.41) is 2.86. The second-order valence-corrected chi connectivity index (χ2v) is 3.96. The van der Waals surface area contributed by atoms with Gasteiger partial charge in [-0.1, -0.05) is 37.3 Å². The highest BCUT2D eigenvalue weighted by Gasteiger charge is 2.15. The maximum absolute atomic E-state index is 11.1. The van der Waals surface area contributed by atoms with Crippen LogP contribution in [0.4, 0.5) is 0 Å². The van der Waals surface area contributed by atoms with Crippen LogP contribution in [0.1, 0.15) is 25.3 Å². The summed E-state index contributed by atoms with van der Waals surface area (Å²) >= 11 is 5.43. The zero-order chi connectivity index (χ0) is 11.3. The SMILES string of the molecule is C[C@@H](NC(=O)CCl)[C@@H](C)c1ccccc1. The molecule has 0 aliphatic rings. The fourth-order valence-corrected chi connectivity index (χ4v) is 1.54. The van der Waals surface area contributed by atoms with E-state index in [-0.39, 0.29) is 17.8 Å². The summed E-state index contributed by atoms with van der Waals surface area (Å²) in [6.45, 7) is 4.08. The fourth-order valence-electron chi connectivity index (χ4n) is 1.46. The van der Waals surface area contributed by atoms with Gasteiger partial charge >= 0.3 is 0 Å². The van der Waals surface area contributed by atoms with Crippen molar-refractivity contribution in [1.82, 2.24) is 5.32 Å². The molecule has 1 rings (SSSR count). The quantitative estimate of drug-likeness (QED) is 0.784. The summed E-state index contributed by atoms with van der Waals surface area (Å²) in [6.07, 6.45) is 0. The third kappa shape index (κ3) is 3.56. The largest absolute Gasteiger partial charge is 0.352 e. The number of hydrogen-bond donors (Lipinski definition) is 1. The first-order valence-electron chi connectivity index (χ1n) is 5.05. The molecule has 3 heteroatoms. The van der Waals surface area contributed by atoms with Crippen LogP contribution in [-0.4, -0.2) is 17.8 Å². The minimum absolute atomic E-state index is 0.0197. The average molecular weight is 226 g/mol. The van der Waals surface area contributed by atoms with E-state index in [2.05, 4.69) is 24.4 Å². The second kappa shape index (κ2) is 5.76. The molecular weight excluding hydrogens is 210 g/mol. The molecule has 82 valence electrons. The van der Waals surface area contributed by atoms with E-state index in [1.165, 1.54) is 5.56 Å². The van der Waals surface area contributed by atoms with Gasteiger partial charge in [0.05, 0.1) is 0 Å². The smallest absolute Gasteiger partial charge is 0.235 e. The molecule has 15 heavy (non-hydrogen) atoms. The maximum atomic E-state index is 11.1. The molecule has 1 N–H and O–H groups in total. The van der Waals surface area contributed by atoms with E-state index in [1.807, 2.05) is 25.1 Å². The molecule has 0 unspecified atom stereocenters. The molecule has 0 aromatic heterocycles. The molecule has 0 spiro atoms. The summed E-state index contributed by atoms with van der Waals surface area (Å²) in [5.41, 5.74) is 1.22. The normalized spacial score (nSPS) is 14.3. The van der Waals surface area contributed by atoms with Gasteiger partial charge in [-0.25, -0.2) is 0 Å². The van der Waals surface area contributed by atoms with Gasteiger partial charge in [0.15, 0.2) is 0 Å². The lowest BCUT2D eigenvalue weighted by molar-refractivity contribution is -0.119. The first-order chi connectivity index (χ1) is 7.15. The van der Waals surface area contributed by atoms with Gasteiger partial charge in [0.2, 0.25) is 5.91 Å². The van der Waals surface area contributed by atoms with Crippen LogP contribution in [0.5, 0.6) is 0 Å². The maximum Gasteiger partial charge on any atom is 0.235 e.